The highest BCUT2D eigenvalue weighted by atomic mass is 14.6. The summed E-state index contributed by atoms with van der Waals surface area (Å²) in [6, 6.07) is 9.36. The van der Waals surface area contributed by atoms with Gasteiger partial charge in [0.2, 0.25) is 0 Å². The van der Waals surface area contributed by atoms with Crippen molar-refractivity contribution in [2.24, 2.45) is 11.7 Å². The first-order valence-electron chi connectivity index (χ1n) is 7.99. The second-order valence-electron chi connectivity index (χ2n) is 6.59. The van der Waals surface area contributed by atoms with Gasteiger partial charge in [-0.15, -0.1) is 0 Å². The molecule has 19 heavy (non-hydrogen) atoms. The van der Waals surface area contributed by atoms with Gasteiger partial charge in [-0.1, -0.05) is 63.8 Å². The Kier molecular flexibility index (Phi) is 5.45. The Hall–Kier alpha value is -0.820. The number of nitrogens with two attached hydrogens (primary N) is 1. The highest BCUT2D eigenvalue weighted by Crippen LogP contribution is 2.29. The van der Waals surface area contributed by atoms with E-state index >= 15 is 0 Å². The van der Waals surface area contributed by atoms with Crippen LogP contribution in [0.25, 0.3) is 0 Å². The van der Waals surface area contributed by atoms with Crippen LogP contribution in [0.15, 0.2) is 24.3 Å². The average Bonchev–Trinajstić information content (AvgIpc) is 2.90. The second kappa shape index (κ2) is 7.09. The molecular weight excluding hydrogens is 230 g/mol. The number of rotatable bonds is 6. The van der Waals surface area contributed by atoms with Gasteiger partial charge in [0.05, 0.1) is 0 Å². The lowest BCUT2D eigenvalue weighted by molar-refractivity contribution is 0.447. The van der Waals surface area contributed by atoms with E-state index in [1.165, 1.54) is 49.7 Å². The van der Waals surface area contributed by atoms with E-state index in [1.54, 1.807) is 0 Å². The van der Waals surface area contributed by atoms with Crippen LogP contribution in [0.4, 0.5) is 0 Å². The van der Waals surface area contributed by atoms with Crippen LogP contribution in [0.3, 0.4) is 0 Å². The van der Waals surface area contributed by atoms with Crippen molar-refractivity contribution in [3.05, 3.63) is 35.4 Å². The number of hydrogen-bond donors (Lipinski definition) is 1. The summed E-state index contributed by atoms with van der Waals surface area (Å²) in [4.78, 5) is 0. The quantitative estimate of drug-likeness (QED) is 0.790. The molecule has 1 nitrogen and oxygen atoms in total. The fourth-order valence-electron chi connectivity index (χ4n) is 3.19. The van der Waals surface area contributed by atoms with Crippen LogP contribution in [0.5, 0.6) is 0 Å². The van der Waals surface area contributed by atoms with Crippen LogP contribution < -0.4 is 5.73 Å². The zero-order chi connectivity index (χ0) is 13.7. The molecule has 1 aliphatic rings. The fourth-order valence-corrected chi connectivity index (χ4v) is 3.19. The molecule has 1 aromatic rings. The normalized spacial score (nSPS) is 18.1. The Bertz CT molecular complexity index is 360. The van der Waals surface area contributed by atoms with Crippen molar-refractivity contribution >= 4 is 0 Å². The first-order valence-corrected chi connectivity index (χ1v) is 7.99. The van der Waals surface area contributed by atoms with Crippen molar-refractivity contribution in [1.82, 2.24) is 0 Å². The summed E-state index contributed by atoms with van der Waals surface area (Å²) in [5, 5.41) is 0. The molecule has 106 valence electrons. The van der Waals surface area contributed by atoms with E-state index in [4.69, 9.17) is 5.73 Å². The molecule has 2 N–H and O–H groups in total. The van der Waals surface area contributed by atoms with E-state index in [1.807, 2.05) is 0 Å². The molecule has 2 rings (SSSR count). The van der Waals surface area contributed by atoms with E-state index < -0.39 is 0 Å². The molecular formula is C18H29N. The molecule has 1 saturated carbocycles. The summed E-state index contributed by atoms with van der Waals surface area (Å²) in [6.07, 6.45) is 9.33. The Morgan fingerprint density at radius 2 is 1.74 bits per heavy atom. The number of benzene rings is 1. The van der Waals surface area contributed by atoms with Crippen LogP contribution in [0.2, 0.25) is 0 Å². The topological polar surface area (TPSA) is 26.0 Å². The van der Waals surface area contributed by atoms with Gasteiger partial charge in [0.15, 0.2) is 0 Å². The van der Waals surface area contributed by atoms with Gasteiger partial charge in [-0.2, -0.15) is 0 Å². The SMILES string of the molecule is CC(C)c1ccc(CC(N)CCC2CCCC2)cc1. The molecule has 1 atom stereocenters. The average molecular weight is 259 g/mol. The van der Waals surface area contributed by atoms with Crippen LogP contribution in [-0.2, 0) is 6.42 Å². The molecule has 0 aromatic heterocycles. The predicted molar refractivity (Wildman–Crippen MR) is 83.4 cm³/mol. The Morgan fingerprint density at radius 1 is 1.11 bits per heavy atom. The van der Waals surface area contributed by atoms with Crippen molar-refractivity contribution in [2.45, 2.75) is 70.8 Å². The predicted octanol–water partition coefficient (Wildman–Crippen LogP) is 4.65. The standard InChI is InChI=1S/C18H29N/c1-14(2)17-10-7-16(8-11-17)13-18(19)12-9-15-5-3-4-6-15/h7-8,10-11,14-15,18H,3-6,9,12-13,19H2,1-2H3. The van der Waals surface area contributed by atoms with Crippen molar-refractivity contribution in [3.8, 4) is 0 Å². The van der Waals surface area contributed by atoms with Gasteiger partial charge < -0.3 is 5.73 Å². The minimum atomic E-state index is 0.338. The summed E-state index contributed by atoms with van der Waals surface area (Å²) in [6.45, 7) is 4.48. The van der Waals surface area contributed by atoms with Gasteiger partial charge in [-0.3, -0.25) is 0 Å². The summed E-state index contributed by atoms with van der Waals surface area (Å²) in [5.74, 6) is 1.58. The molecule has 0 radical (unpaired) electrons. The van der Waals surface area contributed by atoms with Crippen LogP contribution >= 0.6 is 0 Å². The van der Waals surface area contributed by atoms with Crippen molar-refractivity contribution in [2.75, 3.05) is 0 Å². The van der Waals surface area contributed by atoms with Crippen LogP contribution in [0.1, 0.15) is 69.4 Å². The maximum atomic E-state index is 6.28. The smallest absolute Gasteiger partial charge is 0.00794 e. The Labute approximate surface area is 118 Å². The zero-order valence-corrected chi connectivity index (χ0v) is 12.6. The van der Waals surface area contributed by atoms with Gasteiger partial charge in [0.25, 0.3) is 0 Å². The van der Waals surface area contributed by atoms with Gasteiger partial charge in [-0.05, 0) is 42.2 Å². The first-order chi connectivity index (χ1) is 9.15. The Morgan fingerprint density at radius 3 is 2.32 bits per heavy atom. The maximum absolute atomic E-state index is 6.28. The fraction of sp³-hybridized carbons (Fsp3) is 0.667. The maximum Gasteiger partial charge on any atom is 0.00794 e. The largest absolute Gasteiger partial charge is 0.327 e. The van der Waals surface area contributed by atoms with Gasteiger partial charge in [0.1, 0.15) is 0 Å². The summed E-state index contributed by atoms with van der Waals surface area (Å²) < 4.78 is 0. The molecule has 0 amide bonds. The van der Waals surface area contributed by atoms with Crippen LogP contribution in [-0.4, -0.2) is 6.04 Å². The highest BCUT2D eigenvalue weighted by Gasteiger charge is 2.16. The molecule has 0 saturated heterocycles. The lowest BCUT2D eigenvalue weighted by Gasteiger charge is -2.15. The Balaban J connectivity index is 1.76. The highest BCUT2D eigenvalue weighted by molar-refractivity contribution is 5.25. The summed E-state index contributed by atoms with van der Waals surface area (Å²) in [5.41, 5.74) is 9.09. The first kappa shape index (κ1) is 14.6. The number of hydrogen-bond acceptors (Lipinski definition) is 1. The van der Waals surface area contributed by atoms with E-state index in [0.29, 0.717) is 12.0 Å². The third kappa shape index (κ3) is 4.65. The summed E-state index contributed by atoms with van der Waals surface area (Å²) in [7, 11) is 0. The van der Waals surface area contributed by atoms with Gasteiger partial charge in [-0.25, -0.2) is 0 Å². The molecule has 1 unspecified atom stereocenters. The summed E-state index contributed by atoms with van der Waals surface area (Å²) >= 11 is 0. The van der Waals surface area contributed by atoms with Gasteiger partial charge >= 0.3 is 0 Å². The minimum absolute atomic E-state index is 0.338. The van der Waals surface area contributed by atoms with Crippen molar-refractivity contribution in [1.29, 1.82) is 0 Å². The van der Waals surface area contributed by atoms with Gasteiger partial charge in [0, 0.05) is 6.04 Å². The molecule has 0 bridgehead atoms. The molecule has 1 heteroatoms. The molecule has 1 aromatic carbocycles. The molecule has 1 fully saturated rings. The van der Waals surface area contributed by atoms with Crippen LogP contribution in [0, 0.1) is 5.92 Å². The second-order valence-corrected chi connectivity index (χ2v) is 6.59. The zero-order valence-electron chi connectivity index (χ0n) is 12.6. The van der Waals surface area contributed by atoms with E-state index in [-0.39, 0.29) is 0 Å². The molecule has 0 aliphatic heterocycles. The van der Waals surface area contributed by atoms with E-state index in [2.05, 4.69) is 38.1 Å². The minimum Gasteiger partial charge on any atom is -0.327 e. The molecule has 0 spiro atoms. The molecule has 0 heterocycles. The monoisotopic (exact) mass is 259 g/mol. The van der Waals surface area contributed by atoms with E-state index in [0.717, 1.165) is 12.3 Å². The van der Waals surface area contributed by atoms with Crippen molar-refractivity contribution < 1.29 is 0 Å². The van der Waals surface area contributed by atoms with E-state index in [9.17, 15) is 0 Å². The lowest BCUT2D eigenvalue weighted by atomic mass is 9.94. The van der Waals surface area contributed by atoms with Crippen molar-refractivity contribution in [3.63, 3.8) is 0 Å². The third-order valence-corrected chi connectivity index (χ3v) is 4.56. The third-order valence-electron chi connectivity index (χ3n) is 4.56. The lowest BCUT2D eigenvalue weighted by Crippen LogP contribution is -2.23. The molecule has 1 aliphatic carbocycles.